The summed E-state index contributed by atoms with van der Waals surface area (Å²) in [5, 5.41) is 102. The Bertz CT molecular complexity index is 1010. The van der Waals surface area contributed by atoms with Crippen molar-refractivity contribution in [1.82, 2.24) is 16.6 Å². The van der Waals surface area contributed by atoms with Gasteiger partial charge in [-0.1, -0.05) is 0 Å². The predicted octanol–water partition coefficient (Wildman–Crippen LogP) is -5.88. The molecule has 3 rings (SSSR count). The fourth-order valence-electron chi connectivity index (χ4n) is 6.15. The van der Waals surface area contributed by atoms with Gasteiger partial charge in [-0.15, -0.1) is 13.4 Å². The Hall–Kier alpha value is -1.05. The molecule has 3 fully saturated rings. The SMILES string of the molecule is COC(CO)C(O)C(O)C(O)OC(C(C)O)C(CNF)OOC1C(CO)OC(OC2C(O)C(NF)CC(NF)C2OC2CCC(O)C(CO)O2)C1O. The lowest BCUT2D eigenvalue weighted by atomic mass is 9.84. The number of halogens is 3. The second kappa shape index (κ2) is 21.9. The lowest BCUT2D eigenvalue weighted by molar-refractivity contribution is -0.387. The van der Waals surface area contributed by atoms with E-state index >= 15 is 0 Å². The van der Waals surface area contributed by atoms with Crippen molar-refractivity contribution in [3.63, 3.8) is 0 Å². The zero-order valence-corrected chi connectivity index (χ0v) is 28.3. The molecule has 1 saturated carbocycles. The van der Waals surface area contributed by atoms with E-state index in [1.807, 2.05) is 0 Å². The van der Waals surface area contributed by atoms with E-state index in [9.17, 15) is 64.5 Å². The summed E-state index contributed by atoms with van der Waals surface area (Å²) in [7, 11) is 1.11. The van der Waals surface area contributed by atoms with Crippen LogP contribution >= 0.6 is 0 Å². The number of aliphatic hydroxyl groups is 10. The smallest absolute Gasteiger partial charge is 0.187 e. The third kappa shape index (κ3) is 11.3. The van der Waals surface area contributed by atoms with Crippen LogP contribution < -0.4 is 16.6 Å². The summed E-state index contributed by atoms with van der Waals surface area (Å²) in [6.07, 6.45) is -27.8. The molecule has 2 heterocycles. The molecule has 24 heteroatoms. The third-order valence-corrected chi connectivity index (χ3v) is 9.17. The van der Waals surface area contributed by atoms with Gasteiger partial charge in [0, 0.05) is 13.5 Å². The molecule has 0 aromatic carbocycles. The third-order valence-electron chi connectivity index (χ3n) is 9.17. The van der Waals surface area contributed by atoms with Crippen molar-refractivity contribution in [3.8, 4) is 0 Å². The predicted molar refractivity (Wildman–Crippen MR) is 160 cm³/mol. The molecule has 19 atom stereocenters. The average molecular weight is 776 g/mol. The topological polar surface area (TPSA) is 312 Å². The van der Waals surface area contributed by atoms with Gasteiger partial charge in [0.05, 0.1) is 50.7 Å². The molecular weight excluding hydrogens is 723 g/mol. The van der Waals surface area contributed by atoms with Crippen LogP contribution in [0.3, 0.4) is 0 Å². The van der Waals surface area contributed by atoms with E-state index < -0.39 is 143 Å². The zero-order chi connectivity index (χ0) is 38.7. The molecule has 1 aliphatic carbocycles. The molecule has 308 valence electrons. The van der Waals surface area contributed by atoms with Crippen molar-refractivity contribution >= 4 is 0 Å². The Morgan fingerprint density at radius 3 is 2.02 bits per heavy atom. The maximum atomic E-state index is 14.1. The molecule has 21 nitrogen and oxygen atoms in total. The summed E-state index contributed by atoms with van der Waals surface area (Å²) in [5.41, 5.74) is 4.06. The first-order valence-corrected chi connectivity index (χ1v) is 16.6. The molecule has 19 unspecified atom stereocenters. The minimum Gasteiger partial charge on any atom is -0.394 e. The Morgan fingerprint density at radius 1 is 0.788 bits per heavy atom. The van der Waals surface area contributed by atoms with Gasteiger partial charge >= 0.3 is 0 Å². The number of rotatable bonds is 22. The fourth-order valence-corrected chi connectivity index (χ4v) is 6.15. The Kier molecular flexibility index (Phi) is 19.1. The van der Waals surface area contributed by atoms with Crippen LogP contribution in [0.2, 0.25) is 0 Å². The van der Waals surface area contributed by atoms with E-state index in [1.54, 1.807) is 0 Å². The van der Waals surface area contributed by atoms with E-state index in [0.29, 0.717) is 0 Å². The van der Waals surface area contributed by atoms with Gasteiger partial charge in [-0.25, -0.2) is 9.78 Å². The van der Waals surface area contributed by atoms with Crippen LogP contribution in [0.15, 0.2) is 0 Å². The van der Waals surface area contributed by atoms with E-state index in [2.05, 4.69) is 0 Å². The van der Waals surface area contributed by atoms with E-state index in [0.717, 1.165) is 14.0 Å². The van der Waals surface area contributed by atoms with E-state index in [1.165, 1.54) is 16.6 Å². The lowest BCUT2D eigenvalue weighted by Gasteiger charge is -2.45. The summed E-state index contributed by atoms with van der Waals surface area (Å²) in [5.74, 6) is 0. The molecule has 0 amide bonds. The van der Waals surface area contributed by atoms with Crippen molar-refractivity contribution in [2.45, 2.75) is 143 Å². The highest BCUT2D eigenvalue weighted by atomic mass is 19.2. The molecular formula is C28H52F3N3O18. The van der Waals surface area contributed by atoms with Crippen molar-refractivity contribution in [3.05, 3.63) is 0 Å². The van der Waals surface area contributed by atoms with Crippen molar-refractivity contribution in [1.29, 1.82) is 0 Å². The molecule has 2 saturated heterocycles. The van der Waals surface area contributed by atoms with Gasteiger partial charge in [0.25, 0.3) is 0 Å². The maximum Gasteiger partial charge on any atom is 0.187 e. The lowest BCUT2D eigenvalue weighted by Crippen LogP contribution is -2.64. The highest BCUT2D eigenvalue weighted by molar-refractivity contribution is 5.01. The Labute approximate surface area is 295 Å². The number of aliphatic hydroxyl groups excluding tert-OH is 10. The van der Waals surface area contributed by atoms with Gasteiger partial charge in [-0.2, -0.15) is 16.6 Å². The molecule has 0 bridgehead atoms. The van der Waals surface area contributed by atoms with Crippen LogP contribution in [-0.2, 0) is 38.2 Å². The second-order valence-corrected chi connectivity index (χ2v) is 12.7. The first-order chi connectivity index (χ1) is 24.8. The average Bonchev–Trinajstić information content (AvgIpc) is 3.44. The van der Waals surface area contributed by atoms with Crippen molar-refractivity contribution in [2.75, 3.05) is 33.5 Å². The molecule has 0 aromatic rings. The highest BCUT2D eigenvalue weighted by Gasteiger charge is 2.53. The number of nitrogens with one attached hydrogen (secondary N) is 3. The van der Waals surface area contributed by atoms with E-state index in [4.69, 9.17) is 38.2 Å². The van der Waals surface area contributed by atoms with Crippen LogP contribution in [0, 0.1) is 0 Å². The first kappa shape index (κ1) is 45.3. The van der Waals surface area contributed by atoms with Crippen LogP contribution in [-0.4, -0.2) is 201 Å². The molecule has 0 aromatic heterocycles. The molecule has 2 aliphatic heterocycles. The normalized spacial score (nSPS) is 38.4. The summed E-state index contributed by atoms with van der Waals surface area (Å²) in [4.78, 5) is 10.5. The van der Waals surface area contributed by atoms with Crippen molar-refractivity contribution < 1.29 is 103 Å². The molecule has 52 heavy (non-hydrogen) atoms. The first-order valence-electron chi connectivity index (χ1n) is 16.6. The largest absolute Gasteiger partial charge is 0.394 e. The number of hydrogen-bond acceptors (Lipinski definition) is 21. The molecule has 0 radical (unpaired) electrons. The fraction of sp³-hybridized carbons (Fsp3) is 1.00. The highest BCUT2D eigenvalue weighted by Crippen LogP contribution is 2.34. The molecule has 0 spiro atoms. The summed E-state index contributed by atoms with van der Waals surface area (Å²) < 4.78 is 73.9. The van der Waals surface area contributed by atoms with Gasteiger partial charge in [0.15, 0.2) is 25.0 Å². The maximum absolute atomic E-state index is 14.1. The minimum absolute atomic E-state index is 0.0716. The van der Waals surface area contributed by atoms with Crippen LogP contribution in [0.5, 0.6) is 0 Å². The molecule has 13 N–H and O–H groups in total. The van der Waals surface area contributed by atoms with Crippen LogP contribution in [0.25, 0.3) is 0 Å². The number of hydrogen-bond donors (Lipinski definition) is 13. The standard InChI is InChI=1S/C28H52F3N3O18/c1-10(38)23(49-27(44)21(42)20(41)16(8-36)45-2)14(6-32-29)51-52-25-17(9-37)47-28(22(25)43)50-26-19(40)11(33-30)5-12(34-31)24(26)48-18-4-3-13(39)15(7-35)46-18/h10-28,32-44H,3-9H2,1-2H3. The van der Waals surface area contributed by atoms with Gasteiger partial charge in [-0.05, 0) is 19.8 Å². The monoisotopic (exact) mass is 775 g/mol. The number of methoxy groups -OCH3 is 1. The van der Waals surface area contributed by atoms with Crippen LogP contribution in [0.1, 0.15) is 26.2 Å². The molecule has 3 aliphatic rings. The van der Waals surface area contributed by atoms with Crippen LogP contribution in [0.4, 0.5) is 13.4 Å². The Balaban J connectivity index is 1.76. The van der Waals surface area contributed by atoms with Gasteiger partial charge < -0.3 is 79.5 Å². The minimum atomic E-state index is -2.27. The number of ether oxygens (including phenoxy) is 6. The zero-order valence-electron chi connectivity index (χ0n) is 28.3. The Morgan fingerprint density at radius 2 is 1.46 bits per heavy atom. The van der Waals surface area contributed by atoms with E-state index in [-0.39, 0.29) is 19.3 Å². The summed E-state index contributed by atoms with van der Waals surface area (Å²) in [6.45, 7) is -1.87. The second-order valence-electron chi connectivity index (χ2n) is 12.7. The quantitative estimate of drug-likeness (QED) is 0.0211. The summed E-state index contributed by atoms with van der Waals surface area (Å²) >= 11 is 0. The van der Waals surface area contributed by atoms with Gasteiger partial charge in [0.1, 0.15) is 67.1 Å². The summed E-state index contributed by atoms with van der Waals surface area (Å²) in [6, 6.07) is -2.78. The van der Waals surface area contributed by atoms with Gasteiger partial charge in [-0.3, -0.25) is 0 Å². The van der Waals surface area contributed by atoms with Gasteiger partial charge in [0.2, 0.25) is 0 Å². The van der Waals surface area contributed by atoms with Crippen molar-refractivity contribution in [2.24, 2.45) is 0 Å².